The lowest BCUT2D eigenvalue weighted by atomic mass is 10.1. The number of amides is 1. The van der Waals surface area contributed by atoms with Crippen LogP contribution in [0.25, 0.3) is 22.4 Å². The highest BCUT2D eigenvalue weighted by molar-refractivity contribution is 6.33. The number of fused-ring (bicyclic) bond motifs is 1. The van der Waals surface area contributed by atoms with E-state index in [1.807, 2.05) is 32.9 Å². The number of imidazole rings is 1. The lowest BCUT2D eigenvalue weighted by Gasteiger charge is -2.16. The van der Waals surface area contributed by atoms with Crippen LogP contribution in [0.4, 0.5) is 16.2 Å². The van der Waals surface area contributed by atoms with Crippen molar-refractivity contribution in [2.24, 2.45) is 16.6 Å². The predicted molar refractivity (Wildman–Crippen MR) is 158 cm³/mol. The molecular formula is C28H32ClN7O4. The fourth-order valence-electron chi connectivity index (χ4n) is 4.10. The molecule has 0 fully saturated rings. The molecule has 1 atom stereocenters. The molecule has 0 aliphatic rings. The Morgan fingerprint density at radius 2 is 2.00 bits per heavy atom. The monoisotopic (exact) mass is 565 g/mol. The Morgan fingerprint density at radius 1 is 1.23 bits per heavy atom. The minimum atomic E-state index is -0.969. The van der Waals surface area contributed by atoms with Crippen molar-refractivity contribution >= 4 is 45.9 Å². The van der Waals surface area contributed by atoms with Crippen LogP contribution >= 0.6 is 11.6 Å². The number of nitrogens with one attached hydrogen (secondary N) is 4. The van der Waals surface area contributed by atoms with Crippen molar-refractivity contribution in [3.05, 3.63) is 74.7 Å². The number of halogens is 1. The highest BCUT2D eigenvalue weighted by Gasteiger charge is 2.18. The number of nitrogens with zero attached hydrogens (tertiary/aromatic N) is 2. The van der Waals surface area contributed by atoms with Crippen molar-refractivity contribution in [3.63, 3.8) is 0 Å². The van der Waals surface area contributed by atoms with Crippen molar-refractivity contribution in [1.82, 2.24) is 15.0 Å². The van der Waals surface area contributed by atoms with Gasteiger partial charge in [0.15, 0.2) is 0 Å². The number of carbonyl (C=O) groups excluding carboxylic acids is 1. The van der Waals surface area contributed by atoms with E-state index < -0.39 is 12.2 Å². The largest absolute Gasteiger partial charge is 0.449 e. The van der Waals surface area contributed by atoms with Gasteiger partial charge in [0.05, 0.1) is 40.1 Å². The van der Waals surface area contributed by atoms with E-state index in [0.717, 1.165) is 11.1 Å². The number of carbonyl (C=O) groups is 1. The number of pyridine rings is 1. The number of anilines is 2. The van der Waals surface area contributed by atoms with Crippen molar-refractivity contribution in [2.45, 2.75) is 26.9 Å². The number of H-pyrrole nitrogens is 2. The number of aromatic amines is 2. The third kappa shape index (κ3) is 6.44. The first-order valence-corrected chi connectivity index (χ1v) is 13.0. The number of aliphatic hydroxyl groups is 1. The Hall–Kier alpha value is -4.35. The van der Waals surface area contributed by atoms with Gasteiger partial charge in [-0.05, 0) is 54.3 Å². The topological polar surface area (TPSA) is 171 Å². The summed E-state index contributed by atoms with van der Waals surface area (Å²) < 4.78 is 5.12. The molecule has 0 radical (unpaired) electrons. The maximum Gasteiger partial charge on any atom is 0.411 e. The zero-order chi connectivity index (χ0) is 29.0. The van der Waals surface area contributed by atoms with E-state index >= 15 is 0 Å². The summed E-state index contributed by atoms with van der Waals surface area (Å²) in [5.74, 6) is 0.963. The van der Waals surface area contributed by atoms with E-state index in [2.05, 4.69) is 30.6 Å². The number of aliphatic hydroxyl groups excluding tert-OH is 1. The van der Waals surface area contributed by atoms with Gasteiger partial charge >= 0.3 is 6.09 Å². The lowest BCUT2D eigenvalue weighted by molar-refractivity contribution is 0.147. The molecule has 2 heterocycles. The van der Waals surface area contributed by atoms with Gasteiger partial charge < -0.3 is 30.9 Å². The van der Waals surface area contributed by atoms with E-state index in [4.69, 9.17) is 22.1 Å². The summed E-state index contributed by atoms with van der Waals surface area (Å²) >= 11 is 6.34. The van der Waals surface area contributed by atoms with Gasteiger partial charge in [-0.15, -0.1) is 0 Å². The second kappa shape index (κ2) is 12.2. The van der Waals surface area contributed by atoms with Crippen LogP contribution in [0.15, 0.2) is 52.4 Å². The number of aryl methyl sites for hydroxylation is 1. The van der Waals surface area contributed by atoms with Gasteiger partial charge in [-0.25, -0.2) is 9.78 Å². The van der Waals surface area contributed by atoms with Gasteiger partial charge in [0.2, 0.25) is 0 Å². The average molecular weight is 566 g/mol. The Kier molecular flexibility index (Phi) is 8.76. The van der Waals surface area contributed by atoms with Gasteiger partial charge in [0.25, 0.3) is 5.56 Å². The van der Waals surface area contributed by atoms with Gasteiger partial charge in [-0.2, -0.15) is 0 Å². The van der Waals surface area contributed by atoms with E-state index in [1.165, 1.54) is 6.20 Å². The van der Waals surface area contributed by atoms with Gasteiger partial charge in [0, 0.05) is 25.4 Å². The molecule has 2 aromatic carbocycles. The smallest absolute Gasteiger partial charge is 0.411 e. The fourth-order valence-corrected chi connectivity index (χ4v) is 4.34. The Balaban J connectivity index is 1.53. The maximum atomic E-state index is 12.9. The molecule has 4 rings (SSSR count). The average Bonchev–Trinajstić information content (AvgIpc) is 3.35. The molecule has 1 unspecified atom stereocenters. The Morgan fingerprint density at radius 3 is 2.70 bits per heavy atom. The summed E-state index contributed by atoms with van der Waals surface area (Å²) in [6, 6.07) is 10.2. The van der Waals surface area contributed by atoms with Crippen LogP contribution in [0.3, 0.4) is 0 Å². The molecular weight excluding hydrogens is 534 g/mol. The van der Waals surface area contributed by atoms with Crippen LogP contribution in [0, 0.1) is 12.8 Å². The normalized spacial score (nSPS) is 12.5. The number of hydrogen-bond acceptors (Lipinski definition) is 7. The SMILES string of the molecule is C/N=C(\N)c1cc(C)c2nc(-c3c(NCC(O)c4ccc(NC(=O)OCC(C)C)c(Cl)c4)cc[nH]c3=O)[nH]c2c1. The third-order valence-electron chi connectivity index (χ3n) is 6.16. The molecule has 7 N–H and O–H groups in total. The fraction of sp³-hybridized carbons (Fsp3) is 0.286. The molecule has 0 aliphatic heterocycles. The quantitative estimate of drug-likeness (QED) is 0.127. The second-order valence-corrected chi connectivity index (χ2v) is 10.1. The molecule has 1 amide bonds. The minimum absolute atomic E-state index is 0.0723. The predicted octanol–water partition coefficient (Wildman–Crippen LogP) is 4.57. The summed E-state index contributed by atoms with van der Waals surface area (Å²) in [5.41, 5.74) is 10.3. The highest BCUT2D eigenvalue weighted by Crippen LogP contribution is 2.29. The number of aromatic nitrogens is 3. The molecule has 12 heteroatoms. The second-order valence-electron chi connectivity index (χ2n) is 9.73. The first-order valence-electron chi connectivity index (χ1n) is 12.7. The van der Waals surface area contributed by atoms with E-state index in [0.29, 0.717) is 45.2 Å². The number of nitrogens with two attached hydrogens (primary N) is 1. The molecule has 0 bridgehead atoms. The molecule has 0 saturated heterocycles. The van der Waals surface area contributed by atoms with Gasteiger partial charge in [-0.3, -0.25) is 15.1 Å². The zero-order valence-corrected chi connectivity index (χ0v) is 23.4. The van der Waals surface area contributed by atoms with Crippen molar-refractivity contribution in [2.75, 3.05) is 30.8 Å². The summed E-state index contributed by atoms with van der Waals surface area (Å²) in [6.07, 6.45) is -0.0598. The lowest BCUT2D eigenvalue weighted by Crippen LogP contribution is -2.18. The number of amidine groups is 1. The van der Waals surface area contributed by atoms with Crippen LogP contribution < -0.4 is 21.9 Å². The van der Waals surface area contributed by atoms with E-state index in [-0.39, 0.29) is 29.7 Å². The number of ether oxygens (including phenoxy) is 1. The molecule has 11 nitrogen and oxygen atoms in total. The molecule has 0 aliphatic carbocycles. The van der Waals surface area contributed by atoms with Crippen molar-refractivity contribution in [1.29, 1.82) is 0 Å². The molecule has 0 saturated carbocycles. The van der Waals surface area contributed by atoms with E-state index in [9.17, 15) is 14.7 Å². The Labute approximate surface area is 235 Å². The van der Waals surface area contributed by atoms with Crippen LogP contribution in [-0.4, -0.2) is 52.2 Å². The van der Waals surface area contributed by atoms with Gasteiger partial charge in [-0.1, -0.05) is 31.5 Å². The number of benzene rings is 2. The zero-order valence-electron chi connectivity index (χ0n) is 22.6. The number of hydrogen-bond donors (Lipinski definition) is 6. The summed E-state index contributed by atoms with van der Waals surface area (Å²) in [4.78, 5) is 39.4. The van der Waals surface area contributed by atoms with Gasteiger partial charge in [0.1, 0.15) is 17.2 Å². The molecule has 0 spiro atoms. The van der Waals surface area contributed by atoms with E-state index in [1.54, 1.807) is 31.3 Å². The number of aliphatic imine (C=N–C) groups is 1. The van der Waals surface area contributed by atoms with Crippen LogP contribution in [-0.2, 0) is 4.74 Å². The minimum Gasteiger partial charge on any atom is -0.449 e. The van der Waals surface area contributed by atoms with Crippen LogP contribution in [0.2, 0.25) is 5.02 Å². The summed E-state index contributed by atoms with van der Waals surface area (Å²) in [5, 5.41) is 16.8. The van der Waals surface area contributed by atoms with Crippen LogP contribution in [0.1, 0.15) is 36.6 Å². The van der Waals surface area contributed by atoms with Crippen molar-refractivity contribution in [3.8, 4) is 11.4 Å². The maximum absolute atomic E-state index is 12.9. The highest BCUT2D eigenvalue weighted by atomic mass is 35.5. The first kappa shape index (κ1) is 28.7. The van der Waals surface area contributed by atoms with Crippen molar-refractivity contribution < 1.29 is 14.6 Å². The van der Waals surface area contributed by atoms with Crippen LogP contribution in [0.5, 0.6) is 0 Å². The molecule has 40 heavy (non-hydrogen) atoms. The number of rotatable bonds is 9. The molecule has 4 aromatic rings. The Bertz CT molecular complexity index is 1630. The summed E-state index contributed by atoms with van der Waals surface area (Å²) in [7, 11) is 1.62. The standard InChI is InChI=1S/C28H32ClN7O4/c1-14(2)13-40-28(39)35-19-6-5-16(10-18(19)29)22(37)12-33-20-7-8-32-27(38)23(20)26-34-21-11-17(25(30)31-4)9-15(3)24(21)36-26/h5-11,14,22,37H,12-13H2,1-4H3,(H2,30,31)(H,34,36)(H,35,39)(H2,32,33,38). The molecule has 210 valence electrons. The first-order chi connectivity index (χ1) is 19.1. The molecule has 2 aromatic heterocycles. The third-order valence-corrected chi connectivity index (χ3v) is 6.47. The summed E-state index contributed by atoms with van der Waals surface area (Å²) in [6.45, 7) is 6.14.